The fourth-order valence-electron chi connectivity index (χ4n) is 7.44. The molecule has 1 aliphatic carbocycles. The van der Waals surface area contributed by atoms with Gasteiger partial charge < -0.3 is 41.6 Å². The van der Waals surface area contributed by atoms with E-state index in [-0.39, 0.29) is 83.4 Å². The molecule has 2 aromatic carbocycles. The van der Waals surface area contributed by atoms with Crippen LogP contribution in [0.5, 0.6) is 11.8 Å². The number of hydrogen-bond donors (Lipinski definition) is 5. The Morgan fingerprint density at radius 2 is 1.20 bits per heavy atom. The van der Waals surface area contributed by atoms with Crippen molar-refractivity contribution < 1.29 is 42.2 Å². The number of hydrogen-bond acceptors (Lipinski definition) is 15. The summed E-state index contributed by atoms with van der Waals surface area (Å²) in [5.74, 6) is -1.82. The van der Waals surface area contributed by atoms with E-state index < -0.39 is 34.5 Å². The Hall–Kier alpha value is -8.04. The minimum absolute atomic E-state index is 0.00409. The van der Waals surface area contributed by atoms with Gasteiger partial charge in [0.1, 0.15) is 46.3 Å². The van der Waals surface area contributed by atoms with Crippen LogP contribution < -0.4 is 36.9 Å². The first kappa shape index (κ1) is 43.6. The van der Waals surface area contributed by atoms with Gasteiger partial charge in [0.2, 0.25) is 29.5 Å². The quantitative estimate of drug-likeness (QED) is 0.0869. The number of amides is 3. The molecule has 3 amide bonds. The van der Waals surface area contributed by atoms with Gasteiger partial charge in [0.05, 0.1) is 45.0 Å². The summed E-state index contributed by atoms with van der Waals surface area (Å²) in [6.07, 6.45) is 1.77. The van der Waals surface area contributed by atoms with Crippen molar-refractivity contribution in [3.05, 3.63) is 94.6 Å². The van der Waals surface area contributed by atoms with Gasteiger partial charge in [-0.2, -0.15) is 10.2 Å². The van der Waals surface area contributed by atoms with E-state index in [0.29, 0.717) is 34.3 Å². The molecule has 0 spiro atoms. The molecule has 2 atom stereocenters. The zero-order chi connectivity index (χ0) is 46.4. The van der Waals surface area contributed by atoms with Crippen molar-refractivity contribution in [3.8, 4) is 34.8 Å². The number of aromatic nitrogens is 8. The lowest BCUT2D eigenvalue weighted by atomic mass is 9.83. The number of nitrogens with two attached hydrogens (primary N) is 2. The smallest absolute Gasteiger partial charge is 0.326 e. The summed E-state index contributed by atoms with van der Waals surface area (Å²) in [6, 6.07) is 16.0. The summed E-state index contributed by atoms with van der Waals surface area (Å²) >= 11 is 0. The monoisotopic (exact) mass is 891 g/mol. The summed E-state index contributed by atoms with van der Waals surface area (Å²) < 4.78 is 46.9. The van der Waals surface area contributed by atoms with Crippen LogP contribution in [-0.2, 0) is 47.8 Å². The summed E-state index contributed by atoms with van der Waals surface area (Å²) in [7, 11) is 2.93. The highest BCUT2D eigenvalue weighted by Crippen LogP contribution is 2.43. The summed E-state index contributed by atoms with van der Waals surface area (Å²) in [4.78, 5) is 68.0. The number of rotatable bonds is 12. The predicted octanol–water partition coefficient (Wildman–Crippen LogP) is 3.50. The Kier molecular flexibility index (Phi) is 11.3. The molecule has 1 saturated carbocycles. The molecule has 0 saturated heterocycles. The molecular weight excluding hydrogens is 849 g/mol. The number of benzene rings is 2. The van der Waals surface area contributed by atoms with Gasteiger partial charge in [-0.05, 0) is 45.7 Å². The van der Waals surface area contributed by atoms with E-state index in [1.807, 2.05) is 0 Å². The minimum Gasteiger partial charge on any atom is -0.481 e. The number of halogens is 2. The molecule has 7 N–H and O–H groups in total. The van der Waals surface area contributed by atoms with Crippen LogP contribution in [0.3, 0.4) is 0 Å². The van der Waals surface area contributed by atoms with Crippen LogP contribution in [0.25, 0.3) is 23.0 Å². The third kappa shape index (κ3) is 7.86. The van der Waals surface area contributed by atoms with Gasteiger partial charge >= 0.3 is 5.97 Å². The number of nitrogens with zero attached hydrogens (tertiary/aromatic N) is 8. The lowest BCUT2D eigenvalue weighted by Gasteiger charge is -2.21. The Morgan fingerprint density at radius 3 is 1.63 bits per heavy atom. The second kappa shape index (κ2) is 16.9. The van der Waals surface area contributed by atoms with E-state index in [0.717, 1.165) is 12.8 Å². The van der Waals surface area contributed by atoms with Crippen LogP contribution in [0, 0.1) is 11.6 Å². The Balaban J connectivity index is 0.000000177. The molecule has 336 valence electrons. The van der Waals surface area contributed by atoms with Crippen molar-refractivity contribution >= 4 is 47.0 Å². The summed E-state index contributed by atoms with van der Waals surface area (Å²) in [5, 5.41) is 16.9. The number of nitrogens with one attached hydrogen (secondary N) is 3. The highest BCUT2D eigenvalue weighted by molar-refractivity contribution is 6.21. The number of carbonyl (C=O) groups is 4. The largest absolute Gasteiger partial charge is 0.481 e. The molecule has 6 aromatic rings. The summed E-state index contributed by atoms with van der Waals surface area (Å²) in [6.45, 7) is 4.92. The zero-order valence-electron chi connectivity index (χ0n) is 35.7. The molecule has 0 radical (unpaired) electrons. The predicted molar refractivity (Wildman–Crippen MR) is 229 cm³/mol. The molecule has 1 fully saturated rings. The third-order valence-corrected chi connectivity index (χ3v) is 11.2. The molecule has 4 aromatic heterocycles. The molecular formula is C43H43F2N13O7. The minimum atomic E-state index is -1.66. The van der Waals surface area contributed by atoms with Gasteiger partial charge in [-0.15, -0.1) is 0 Å². The number of ether oxygens (including phenoxy) is 3. The maximum atomic E-state index is 14.1. The lowest BCUT2D eigenvalue weighted by molar-refractivity contribution is -0.152. The van der Waals surface area contributed by atoms with Gasteiger partial charge in [0.25, 0.3) is 0 Å². The molecule has 22 heteroatoms. The van der Waals surface area contributed by atoms with E-state index in [4.69, 9.17) is 25.7 Å². The molecule has 0 bridgehead atoms. The normalized spacial score (nSPS) is 18.1. The first-order chi connectivity index (χ1) is 31.1. The van der Waals surface area contributed by atoms with E-state index in [1.54, 1.807) is 55.5 Å². The topological polar surface area (TPSA) is 271 Å². The lowest BCUT2D eigenvalue weighted by Crippen LogP contribution is -2.48. The second-order valence-electron chi connectivity index (χ2n) is 15.6. The maximum absolute atomic E-state index is 14.1. The number of fused-ring (bicyclic) bond motifs is 2. The van der Waals surface area contributed by atoms with Gasteiger partial charge in [-0.3, -0.25) is 19.2 Å². The molecule has 65 heavy (non-hydrogen) atoms. The molecule has 6 heterocycles. The van der Waals surface area contributed by atoms with Crippen molar-refractivity contribution in [1.82, 2.24) is 44.8 Å². The summed E-state index contributed by atoms with van der Waals surface area (Å²) in [5.41, 5.74) is 11.0. The first-order valence-corrected chi connectivity index (χ1v) is 20.3. The van der Waals surface area contributed by atoms with Crippen LogP contribution in [0.1, 0.15) is 55.9 Å². The van der Waals surface area contributed by atoms with Crippen LogP contribution >= 0.6 is 0 Å². The van der Waals surface area contributed by atoms with E-state index >= 15 is 0 Å². The second-order valence-corrected chi connectivity index (χ2v) is 15.6. The molecule has 9 rings (SSSR count). The van der Waals surface area contributed by atoms with Gasteiger partial charge in [-0.25, -0.2) is 38.1 Å². The Labute approximate surface area is 369 Å². The highest BCUT2D eigenvalue weighted by Gasteiger charge is 2.54. The molecule has 2 aliphatic heterocycles. The Morgan fingerprint density at radius 1 is 0.754 bits per heavy atom. The van der Waals surface area contributed by atoms with Crippen LogP contribution in [0.4, 0.5) is 32.1 Å². The van der Waals surface area contributed by atoms with E-state index in [2.05, 4.69) is 46.1 Å². The third-order valence-electron chi connectivity index (χ3n) is 11.2. The van der Waals surface area contributed by atoms with Crippen molar-refractivity contribution in [2.75, 3.05) is 42.9 Å². The van der Waals surface area contributed by atoms with Crippen molar-refractivity contribution in [2.45, 2.75) is 63.6 Å². The van der Waals surface area contributed by atoms with Crippen LogP contribution in [0.15, 0.2) is 60.7 Å². The van der Waals surface area contributed by atoms with Crippen LogP contribution in [0.2, 0.25) is 0 Å². The average molecular weight is 892 g/mol. The van der Waals surface area contributed by atoms with Crippen LogP contribution in [-0.4, -0.2) is 90.1 Å². The fraction of sp³-hybridized carbons (Fsp3) is 0.302. The van der Waals surface area contributed by atoms with E-state index in [9.17, 15) is 28.0 Å². The molecule has 20 nitrogen and oxygen atoms in total. The fourth-order valence-corrected chi connectivity index (χ4v) is 7.44. The molecule has 3 aliphatic rings. The van der Waals surface area contributed by atoms with Gasteiger partial charge in [0.15, 0.2) is 22.5 Å². The Bertz CT molecular complexity index is 2900. The van der Waals surface area contributed by atoms with Crippen molar-refractivity contribution in [1.29, 1.82) is 0 Å². The number of nitrogen functional groups attached to an aromatic ring is 2. The zero-order valence-corrected chi connectivity index (χ0v) is 35.7. The standard InChI is InChI=1S/C22H22FN7O3.C21H21FN6O4/c1-22(20(31)25-12-7-8-12)16-17(24)26-18(27-19(16)28-21(22)32)14-9-15(33-2)30(29-14)10-11-5-3-4-6-13(11)23;1-4-32-20(30)21(2)15-16(23)24-17(25-18(15)26-19(21)29)13-9-14(31-3)28(27-13)10-11-7-5-6-8-12(11)22/h3-6,9,12H,7-8,10H2,1-2H3,(H,25,31)(H3,24,26,27,28,32);5-9H,4,10H2,1-3H3,(H3,23,24,25,26,29). The SMILES string of the molecule is CCOC(=O)C1(C)C(=O)Nc2nc(-c3cc(OC)n(Cc4ccccc4F)n3)nc(N)c21.COc1cc(-c2nc(N)c3c(n2)NC(=O)C3(C)C(=O)NC2CC2)nn1Cc1ccccc1F. The number of methoxy groups -OCH3 is 2. The first-order valence-electron chi connectivity index (χ1n) is 20.3. The van der Waals surface area contributed by atoms with Gasteiger partial charge in [0, 0.05) is 29.3 Å². The average Bonchev–Trinajstić information content (AvgIpc) is 3.60. The van der Waals surface area contributed by atoms with E-state index in [1.165, 1.54) is 49.6 Å². The maximum Gasteiger partial charge on any atom is 0.326 e. The van der Waals surface area contributed by atoms with Crippen molar-refractivity contribution in [2.24, 2.45) is 0 Å². The number of anilines is 4. The number of esters is 1. The van der Waals surface area contributed by atoms with Gasteiger partial charge in [-0.1, -0.05) is 36.4 Å². The van der Waals surface area contributed by atoms with Crippen molar-refractivity contribution in [3.63, 3.8) is 0 Å². The number of carbonyl (C=O) groups excluding carboxylic acids is 4. The molecule has 2 unspecified atom stereocenters. The highest BCUT2D eigenvalue weighted by atomic mass is 19.1.